The van der Waals surface area contributed by atoms with Gasteiger partial charge in [-0.25, -0.2) is 0 Å². The molecule has 0 saturated heterocycles. The Morgan fingerprint density at radius 1 is 0.911 bits per heavy atom. The van der Waals surface area contributed by atoms with Crippen LogP contribution in [0.5, 0.6) is 0 Å². The molecule has 4 N–H and O–H groups in total. The molecule has 234 valence electrons. The van der Waals surface area contributed by atoms with E-state index in [2.05, 4.69) is 30.7 Å². The third-order valence-electron chi connectivity index (χ3n) is 6.36. The Kier molecular flexibility index (Phi) is 9.82. The minimum Gasteiger partial charge on any atom is -0.399 e. The van der Waals surface area contributed by atoms with E-state index < -0.39 is 25.1 Å². The van der Waals surface area contributed by atoms with Crippen molar-refractivity contribution in [3.63, 3.8) is 0 Å². The maximum atomic E-state index is 12.3. The maximum Gasteiger partial charge on any atom is 0.296 e. The third-order valence-corrected chi connectivity index (χ3v) is 8.15. The summed E-state index contributed by atoms with van der Waals surface area (Å²) < 4.78 is 66.9. The Bertz CT molecular complexity index is 2100. The van der Waals surface area contributed by atoms with Gasteiger partial charge < -0.3 is 5.73 Å². The molecule has 0 aliphatic rings. The zero-order valence-corrected chi connectivity index (χ0v) is 26.3. The highest BCUT2D eigenvalue weighted by molar-refractivity contribution is 7.90. The molecular weight excluding hydrogens is 621 g/mol. The van der Waals surface area contributed by atoms with Crippen molar-refractivity contribution in [3.8, 4) is 5.69 Å². The SMILES string of the molecule is CC/C=C(\C(=C/c1cnn(-c2cccc(S(=O)(=O)O)c2)n1)N=Nc1ccc(N=Nc2cc(C)c(N)cc2C)cc1C)S(=O)(=O)O. The molecule has 1 aromatic heterocycles. The van der Waals surface area contributed by atoms with Crippen molar-refractivity contribution in [3.05, 3.63) is 99.9 Å². The molecule has 0 amide bonds. The van der Waals surface area contributed by atoms with Gasteiger partial charge in [-0.2, -0.15) is 42.1 Å². The van der Waals surface area contributed by atoms with E-state index in [1.165, 1.54) is 36.5 Å². The summed E-state index contributed by atoms with van der Waals surface area (Å²) >= 11 is 0. The topological polar surface area (TPSA) is 215 Å². The lowest BCUT2D eigenvalue weighted by Gasteiger charge is -2.06. The van der Waals surface area contributed by atoms with Gasteiger partial charge >= 0.3 is 0 Å². The molecule has 4 aromatic rings. The lowest BCUT2D eigenvalue weighted by atomic mass is 10.1. The molecule has 0 radical (unpaired) electrons. The molecule has 14 nitrogen and oxygen atoms in total. The first-order valence-electron chi connectivity index (χ1n) is 13.4. The minimum absolute atomic E-state index is 0.118. The Labute approximate surface area is 260 Å². The van der Waals surface area contributed by atoms with Gasteiger partial charge in [0.15, 0.2) is 0 Å². The fraction of sp³-hybridized carbons (Fsp3) is 0.172. The first-order chi connectivity index (χ1) is 21.2. The second kappa shape index (κ2) is 13.4. The Morgan fingerprint density at radius 3 is 2.31 bits per heavy atom. The number of nitrogen functional groups attached to an aromatic ring is 1. The van der Waals surface area contributed by atoms with Crippen LogP contribution in [0.1, 0.15) is 35.7 Å². The summed E-state index contributed by atoms with van der Waals surface area (Å²) in [4.78, 5) is 0.229. The molecule has 0 saturated carbocycles. The smallest absolute Gasteiger partial charge is 0.296 e. The number of benzene rings is 3. The number of allylic oxidation sites excluding steroid dienone is 1. The number of nitrogens with two attached hydrogens (primary N) is 1. The number of rotatable bonds is 10. The number of anilines is 1. The van der Waals surface area contributed by atoms with Crippen LogP contribution in [-0.2, 0) is 20.2 Å². The quantitative estimate of drug-likeness (QED) is 0.0715. The van der Waals surface area contributed by atoms with Gasteiger partial charge in [-0.3, -0.25) is 9.11 Å². The fourth-order valence-electron chi connectivity index (χ4n) is 4.01. The van der Waals surface area contributed by atoms with Crippen LogP contribution < -0.4 is 5.73 Å². The molecular formula is C29H30N8O6S2. The lowest BCUT2D eigenvalue weighted by Crippen LogP contribution is -2.04. The standard InChI is InChI=1S/C29H30N8O6S2/c1-5-7-29(45(41,42)43)28(15-22-17-31-37(36-22)23-8-6-9-24(16-23)44(38,39)40)35-33-26-11-10-21(12-19(26)3)32-34-27-14-18(2)25(30)13-20(27)4/h6-17H,5,30H2,1-4H3,(H,38,39,40)(H,41,42,43)/b28-15+,29-7+,34-32?,35-33?. The number of hydrogen-bond acceptors (Lipinski definition) is 11. The van der Waals surface area contributed by atoms with Crippen LogP contribution in [0.15, 0.2) is 103 Å². The van der Waals surface area contributed by atoms with Gasteiger partial charge in [0.25, 0.3) is 20.2 Å². The maximum absolute atomic E-state index is 12.3. The molecule has 0 spiro atoms. The zero-order chi connectivity index (χ0) is 32.9. The van der Waals surface area contributed by atoms with E-state index in [0.717, 1.165) is 22.0 Å². The van der Waals surface area contributed by atoms with Crippen LogP contribution in [0.3, 0.4) is 0 Å². The number of aromatic nitrogens is 3. The molecule has 1 heterocycles. The van der Waals surface area contributed by atoms with Gasteiger partial charge in [-0.1, -0.05) is 19.1 Å². The Balaban J connectivity index is 1.68. The van der Waals surface area contributed by atoms with Crippen LogP contribution >= 0.6 is 0 Å². The zero-order valence-electron chi connectivity index (χ0n) is 24.7. The van der Waals surface area contributed by atoms with E-state index >= 15 is 0 Å². The highest BCUT2D eigenvalue weighted by Gasteiger charge is 2.20. The molecule has 0 unspecified atom stereocenters. The van der Waals surface area contributed by atoms with Gasteiger partial charge in [0.1, 0.15) is 16.3 Å². The van der Waals surface area contributed by atoms with E-state index in [0.29, 0.717) is 28.3 Å². The largest absolute Gasteiger partial charge is 0.399 e. The summed E-state index contributed by atoms with van der Waals surface area (Å²) in [6, 6.07) is 14.0. The number of aryl methyl sites for hydroxylation is 3. The lowest BCUT2D eigenvalue weighted by molar-refractivity contribution is 0.482. The van der Waals surface area contributed by atoms with Crippen molar-refractivity contribution < 1.29 is 25.9 Å². The number of hydrogen-bond donors (Lipinski definition) is 3. The van der Waals surface area contributed by atoms with Crippen molar-refractivity contribution in [2.75, 3.05) is 5.73 Å². The number of nitrogens with zero attached hydrogens (tertiary/aromatic N) is 7. The third kappa shape index (κ3) is 8.39. The van der Waals surface area contributed by atoms with Gasteiger partial charge in [0.2, 0.25) is 0 Å². The molecule has 0 atom stereocenters. The highest BCUT2D eigenvalue weighted by atomic mass is 32.2. The summed E-state index contributed by atoms with van der Waals surface area (Å²) in [6.07, 6.45) is 4.06. The molecule has 3 aromatic carbocycles. The summed E-state index contributed by atoms with van der Waals surface area (Å²) in [5, 5.41) is 25.3. The average Bonchev–Trinajstić information content (AvgIpc) is 3.43. The predicted octanol–water partition coefficient (Wildman–Crippen LogP) is 6.74. The van der Waals surface area contributed by atoms with Crippen molar-refractivity contribution >= 4 is 49.1 Å². The molecule has 0 fully saturated rings. The first kappa shape index (κ1) is 33.0. The van der Waals surface area contributed by atoms with Crippen LogP contribution in [0.4, 0.5) is 22.7 Å². The summed E-state index contributed by atoms with van der Waals surface area (Å²) in [7, 11) is -9.19. The van der Waals surface area contributed by atoms with Crippen LogP contribution in [-0.4, -0.2) is 40.9 Å². The van der Waals surface area contributed by atoms with Gasteiger partial charge in [0, 0.05) is 5.69 Å². The predicted molar refractivity (Wildman–Crippen MR) is 169 cm³/mol. The summed E-state index contributed by atoms with van der Waals surface area (Å²) in [5.41, 5.74) is 10.8. The van der Waals surface area contributed by atoms with Gasteiger partial charge in [-0.05, 0) is 98.5 Å². The monoisotopic (exact) mass is 650 g/mol. The van der Waals surface area contributed by atoms with E-state index in [-0.39, 0.29) is 28.4 Å². The van der Waals surface area contributed by atoms with Crippen molar-refractivity contribution in [1.29, 1.82) is 0 Å². The molecule has 45 heavy (non-hydrogen) atoms. The molecule has 0 bridgehead atoms. The normalized spacial score (nSPS) is 13.3. The molecule has 0 aliphatic carbocycles. The second-order valence-corrected chi connectivity index (χ2v) is 12.7. The van der Waals surface area contributed by atoms with Crippen LogP contribution in [0, 0.1) is 20.8 Å². The second-order valence-electron chi connectivity index (χ2n) is 9.88. The number of azo groups is 2. The van der Waals surface area contributed by atoms with Gasteiger partial charge in [-0.15, -0.1) is 10.2 Å². The van der Waals surface area contributed by atoms with Crippen molar-refractivity contribution in [1.82, 2.24) is 15.0 Å². The first-order valence-corrected chi connectivity index (χ1v) is 16.2. The Morgan fingerprint density at radius 2 is 1.64 bits per heavy atom. The summed E-state index contributed by atoms with van der Waals surface area (Å²) in [5.74, 6) is 0. The van der Waals surface area contributed by atoms with Crippen molar-refractivity contribution in [2.45, 2.75) is 39.0 Å². The van der Waals surface area contributed by atoms with Crippen LogP contribution in [0.2, 0.25) is 0 Å². The van der Waals surface area contributed by atoms with E-state index in [4.69, 9.17) is 5.73 Å². The van der Waals surface area contributed by atoms with Gasteiger partial charge in [0.05, 0.1) is 33.8 Å². The van der Waals surface area contributed by atoms with Crippen LogP contribution in [0.25, 0.3) is 11.8 Å². The van der Waals surface area contributed by atoms with E-state index in [1.54, 1.807) is 32.0 Å². The highest BCUT2D eigenvalue weighted by Crippen LogP contribution is 2.30. The van der Waals surface area contributed by atoms with E-state index in [9.17, 15) is 25.9 Å². The van der Waals surface area contributed by atoms with Crippen molar-refractivity contribution in [2.24, 2.45) is 20.5 Å². The molecule has 4 rings (SSSR count). The molecule has 0 aliphatic heterocycles. The minimum atomic E-state index is -4.72. The summed E-state index contributed by atoms with van der Waals surface area (Å²) in [6.45, 7) is 7.23. The van der Waals surface area contributed by atoms with E-state index in [1.807, 2.05) is 26.0 Å². The average molecular weight is 651 g/mol. The molecule has 16 heteroatoms. The fourth-order valence-corrected chi connectivity index (χ4v) is 5.28. The Hall–Kier alpha value is -4.90.